The molecule has 0 saturated carbocycles. The zero-order valence-electron chi connectivity index (χ0n) is 7.29. The Bertz CT molecular complexity index is 261. The van der Waals surface area contributed by atoms with E-state index in [0.29, 0.717) is 6.61 Å². The van der Waals surface area contributed by atoms with Crippen LogP contribution in [0.15, 0.2) is 12.4 Å². The molecule has 1 heterocycles. The number of esters is 1. The van der Waals surface area contributed by atoms with E-state index in [0.717, 1.165) is 6.42 Å². The molecule has 0 aliphatic rings. The number of imidazole rings is 1. The first-order valence-electron chi connectivity index (χ1n) is 4.04. The van der Waals surface area contributed by atoms with Gasteiger partial charge in [-0.25, -0.2) is 9.78 Å². The van der Waals surface area contributed by atoms with Gasteiger partial charge >= 0.3 is 5.97 Å². The van der Waals surface area contributed by atoms with Gasteiger partial charge in [-0.2, -0.15) is 0 Å². The van der Waals surface area contributed by atoms with Crippen LogP contribution in [0.4, 0.5) is 0 Å². The van der Waals surface area contributed by atoms with Crippen molar-refractivity contribution in [3.63, 3.8) is 0 Å². The van der Waals surface area contributed by atoms with E-state index in [2.05, 4.69) is 25.9 Å². The fourth-order valence-electron chi connectivity index (χ4n) is 0.729. The van der Waals surface area contributed by atoms with E-state index in [1.807, 2.05) is 6.92 Å². The number of hydrogen-bond acceptors (Lipinski definition) is 3. The van der Waals surface area contributed by atoms with Crippen LogP contribution in [0.2, 0.25) is 0 Å². The number of hydrogen-bond donors (Lipinski definition) is 1. The molecular formula is C8H11BrN2O2. The molecule has 1 aromatic heterocycles. The van der Waals surface area contributed by atoms with Gasteiger partial charge in [0.25, 0.3) is 0 Å². The first kappa shape index (κ1) is 10.2. The third-order valence-corrected chi connectivity index (χ3v) is 2.44. The molecule has 1 unspecified atom stereocenters. The second-order valence-electron chi connectivity index (χ2n) is 2.54. The van der Waals surface area contributed by atoms with Crippen molar-refractivity contribution in [3.8, 4) is 0 Å². The first-order valence-corrected chi connectivity index (χ1v) is 4.96. The Labute approximate surface area is 84.8 Å². The summed E-state index contributed by atoms with van der Waals surface area (Å²) in [5.41, 5.74) is 0. The smallest absolute Gasteiger partial charge is 0.374 e. The lowest BCUT2D eigenvalue weighted by Gasteiger charge is -2.06. The molecule has 1 N–H and O–H groups in total. The highest BCUT2D eigenvalue weighted by Gasteiger charge is 2.10. The zero-order valence-corrected chi connectivity index (χ0v) is 8.87. The average Bonchev–Trinajstić information content (AvgIpc) is 2.66. The van der Waals surface area contributed by atoms with Crippen LogP contribution in [0.3, 0.4) is 0 Å². The Hall–Kier alpha value is -0.840. The number of nitrogens with one attached hydrogen (secondary N) is 1. The first-order chi connectivity index (χ1) is 6.24. The molecular weight excluding hydrogens is 236 g/mol. The van der Waals surface area contributed by atoms with Gasteiger partial charge in [0.2, 0.25) is 5.82 Å². The summed E-state index contributed by atoms with van der Waals surface area (Å²) < 4.78 is 4.96. The fraction of sp³-hybridized carbons (Fsp3) is 0.500. The Kier molecular flexibility index (Phi) is 3.95. The number of rotatable bonds is 4. The van der Waals surface area contributed by atoms with Gasteiger partial charge in [-0.3, -0.25) is 0 Å². The summed E-state index contributed by atoms with van der Waals surface area (Å²) in [5.74, 6) is -0.168. The number of nitrogens with zero attached hydrogens (tertiary/aromatic N) is 1. The fourth-order valence-corrected chi connectivity index (χ4v) is 0.861. The van der Waals surface area contributed by atoms with Gasteiger partial charge in [-0.15, -0.1) is 0 Å². The van der Waals surface area contributed by atoms with E-state index >= 15 is 0 Å². The van der Waals surface area contributed by atoms with Crippen molar-refractivity contribution in [3.05, 3.63) is 18.2 Å². The van der Waals surface area contributed by atoms with Gasteiger partial charge < -0.3 is 9.72 Å². The monoisotopic (exact) mass is 246 g/mol. The van der Waals surface area contributed by atoms with Gasteiger partial charge in [0.15, 0.2) is 0 Å². The minimum Gasteiger partial charge on any atom is -0.459 e. The lowest BCUT2D eigenvalue weighted by molar-refractivity contribution is 0.0494. The SMILES string of the molecule is CCC(Br)COC(=O)c1ncc[nH]1. The van der Waals surface area contributed by atoms with Crippen molar-refractivity contribution in [2.75, 3.05) is 6.61 Å². The lowest BCUT2D eigenvalue weighted by Crippen LogP contribution is -2.14. The molecule has 0 aliphatic carbocycles. The van der Waals surface area contributed by atoms with Crippen LogP contribution in [-0.4, -0.2) is 27.4 Å². The summed E-state index contributed by atoms with van der Waals surface area (Å²) in [5, 5.41) is 0. The normalized spacial score (nSPS) is 12.5. The minimum atomic E-state index is -0.414. The summed E-state index contributed by atoms with van der Waals surface area (Å²) in [7, 11) is 0. The van der Waals surface area contributed by atoms with Crippen LogP contribution >= 0.6 is 15.9 Å². The summed E-state index contributed by atoms with van der Waals surface area (Å²) >= 11 is 3.36. The third kappa shape index (κ3) is 3.18. The van der Waals surface area contributed by atoms with E-state index in [-0.39, 0.29) is 10.7 Å². The van der Waals surface area contributed by atoms with E-state index in [4.69, 9.17) is 4.74 Å². The maximum absolute atomic E-state index is 11.2. The van der Waals surface area contributed by atoms with Gasteiger partial charge in [0.05, 0.1) is 0 Å². The highest BCUT2D eigenvalue weighted by atomic mass is 79.9. The molecule has 4 nitrogen and oxygen atoms in total. The van der Waals surface area contributed by atoms with Crippen LogP contribution in [-0.2, 0) is 4.74 Å². The Morgan fingerprint density at radius 2 is 2.62 bits per heavy atom. The molecule has 0 spiro atoms. The predicted octanol–water partition coefficient (Wildman–Crippen LogP) is 1.74. The second kappa shape index (κ2) is 5.01. The number of H-pyrrole nitrogens is 1. The third-order valence-electron chi connectivity index (χ3n) is 1.53. The molecule has 0 saturated heterocycles. The number of halogens is 1. The van der Waals surface area contributed by atoms with Gasteiger partial charge in [0, 0.05) is 17.2 Å². The van der Waals surface area contributed by atoms with E-state index < -0.39 is 5.97 Å². The highest BCUT2D eigenvalue weighted by molar-refractivity contribution is 9.09. The Morgan fingerprint density at radius 3 is 3.15 bits per heavy atom. The van der Waals surface area contributed by atoms with Crippen LogP contribution in [0.25, 0.3) is 0 Å². The maximum Gasteiger partial charge on any atom is 0.374 e. The molecule has 0 fully saturated rings. The average molecular weight is 247 g/mol. The second-order valence-corrected chi connectivity index (χ2v) is 3.84. The Balaban J connectivity index is 2.35. The molecule has 72 valence electrons. The molecule has 0 bridgehead atoms. The van der Waals surface area contributed by atoms with Gasteiger partial charge in [-0.05, 0) is 6.42 Å². The number of carbonyl (C=O) groups excluding carboxylic acids is 1. The number of aromatic amines is 1. The molecule has 1 atom stereocenters. The van der Waals surface area contributed by atoms with E-state index in [9.17, 15) is 4.79 Å². The number of carbonyl (C=O) groups is 1. The molecule has 0 aliphatic heterocycles. The molecule has 0 aromatic carbocycles. The van der Waals surface area contributed by atoms with Crippen LogP contribution < -0.4 is 0 Å². The highest BCUT2D eigenvalue weighted by Crippen LogP contribution is 2.05. The number of ether oxygens (including phenoxy) is 1. The molecule has 13 heavy (non-hydrogen) atoms. The van der Waals surface area contributed by atoms with Crippen molar-refractivity contribution in [1.29, 1.82) is 0 Å². The topological polar surface area (TPSA) is 55.0 Å². The number of alkyl halides is 1. The van der Waals surface area contributed by atoms with Crippen molar-refractivity contribution < 1.29 is 9.53 Å². The standard InChI is InChI=1S/C8H11BrN2O2/c1-2-6(9)5-13-8(12)7-10-3-4-11-7/h3-4,6H,2,5H2,1H3,(H,10,11). The molecule has 5 heteroatoms. The van der Waals surface area contributed by atoms with Crippen LogP contribution in [0, 0.1) is 0 Å². The molecule has 1 aromatic rings. The summed E-state index contributed by atoms with van der Waals surface area (Å²) in [6.07, 6.45) is 4.02. The maximum atomic E-state index is 11.2. The zero-order chi connectivity index (χ0) is 9.68. The summed E-state index contributed by atoms with van der Waals surface area (Å²) in [6, 6.07) is 0. The molecule has 0 amide bonds. The Morgan fingerprint density at radius 1 is 1.85 bits per heavy atom. The molecule has 0 radical (unpaired) electrons. The van der Waals surface area contributed by atoms with E-state index in [1.165, 1.54) is 6.20 Å². The van der Waals surface area contributed by atoms with Crippen molar-refractivity contribution >= 4 is 21.9 Å². The van der Waals surface area contributed by atoms with Crippen molar-refractivity contribution in [2.45, 2.75) is 18.2 Å². The quantitative estimate of drug-likeness (QED) is 0.651. The number of aromatic nitrogens is 2. The largest absolute Gasteiger partial charge is 0.459 e. The van der Waals surface area contributed by atoms with Crippen LogP contribution in [0.5, 0.6) is 0 Å². The summed E-state index contributed by atoms with van der Waals surface area (Å²) in [4.78, 5) is 17.9. The van der Waals surface area contributed by atoms with Gasteiger partial charge in [0.1, 0.15) is 6.61 Å². The van der Waals surface area contributed by atoms with Gasteiger partial charge in [-0.1, -0.05) is 22.9 Å². The predicted molar refractivity (Wildman–Crippen MR) is 51.9 cm³/mol. The molecule has 1 rings (SSSR count). The minimum absolute atomic E-state index is 0.214. The van der Waals surface area contributed by atoms with Crippen LogP contribution in [0.1, 0.15) is 24.0 Å². The summed E-state index contributed by atoms with van der Waals surface area (Å²) in [6.45, 7) is 2.39. The van der Waals surface area contributed by atoms with Crippen molar-refractivity contribution in [1.82, 2.24) is 9.97 Å². The van der Waals surface area contributed by atoms with E-state index in [1.54, 1.807) is 6.20 Å². The lowest BCUT2D eigenvalue weighted by atomic mass is 10.4. The van der Waals surface area contributed by atoms with Crippen molar-refractivity contribution in [2.24, 2.45) is 0 Å².